The molecule has 4 atom stereocenters. The van der Waals surface area contributed by atoms with Crippen LogP contribution in [-0.2, 0) is 14.3 Å². The maximum atomic E-state index is 12.7. The number of thiazole rings is 1. The van der Waals surface area contributed by atoms with E-state index in [1.807, 2.05) is 27.7 Å². The molecule has 0 saturated carbocycles. The van der Waals surface area contributed by atoms with Gasteiger partial charge in [-0.05, 0) is 17.4 Å². The van der Waals surface area contributed by atoms with Crippen LogP contribution < -0.4 is 5.32 Å². The molecule has 0 aliphatic heterocycles. The van der Waals surface area contributed by atoms with Gasteiger partial charge in [-0.1, -0.05) is 39.2 Å². The highest BCUT2D eigenvalue weighted by atomic mass is 32.1. The molecule has 1 heterocycles. The third kappa shape index (κ3) is 6.47. The van der Waals surface area contributed by atoms with Crippen LogP contribution in [0.1, 0.15) is 62.1 Å². The van der Waals surface area contributed by atoms with Crippen molar-refractivity contribution in [2.75, 3.05) is 14.2 Å². The summed E-state index contributed by atoms with van der Waals surface area (Å²) in [5.41, 5.74) is 9.02. The largest absolute Gasteiger partial charge is 0.464 e. The number of hydrogen-bond donors (Lipinski definition) is 1. The van der Waals surface area contributed by atoms with Crippen molar-refractivity contribution < 1.29 is 19.1 Å². The normalized spacial score (nSPS) is 15.2. The van der Waals surface area contributed by atoms with E-state index in [4.69, 9.17) is 10.3 Å². The van der Waals surface area contributed by atoms with Gasteiger partial charge in [-0.15, -0.1) is 11.3 Å². The number of methoxy groups -OCH3 is 2. The van der Waals surface area contributed by atoms with E-state index >= 15 is 0 Å². The zero-order valence-electron chi connectivity index (χ0n) is 17.2. The number of carbonyl (C=O) groups excluding carboxylic acids is 2. The van der Waals surface area contributed by atoms with Crippen LogP contribution in [0.3, 0.4) is 0 Å². The van der Waals surface area contributed by atoms with Crippen molar-refractivity contribution >= 4 is 23.2 Å². The third-order valence-electron chi connectivity index (χ3n) is 4.70. The van der Waals surface area contributed by atoms with Gasteiger partial charge in [-0.2, -0.15) is 0 Å². The second kappa shape index (κ2) is 11.6. The van der Waals surface area contributed by atoms with Gasteiger partial charge in [0.2, 0.25) is 5.91 Å². The summed E-state index contributed by atoms with van der Waals surface area (Å²) in [7, 11) is 2.86. The molecule has 0 fully saturated rings. The van der Waals surface area contributed by atoms with Crippen molar-refractivity contribution in [2.45, 2.75) is 58.7 Å². The Kier molecular flexibility index (Phi) is 9.92. The summed E-state index contributed by atoms with van der Waals surface area (Å²) in [4.78, 5) is 31.4. The smallest absolute Gasteiger partial charge is 0.357 e. The first-order valence-electron chi connectivity index (χ1n) is 9.20. The van der Waals surface area contributed by atoms with E-state index in [0.717, 1.165) is 6.42 Å². The lowest BCUT2D eigenvalue weighted by atomic mass is 9.95. The molecule has 1 N–H and O–H groups in total. The molecule has 0 aliphatic rings. The van der Waals surface area contributed by atoms with E-state index < -0.39 is 18.1 Å². The van der Waals surface area contributed by atoms with Crippen LogP contribution in [0.2, 0.25) is 0 Å². The summed E-state index contributed by atoms with van der Waals surface area (Å²) >= 11 is 1.31. The van der Waals surface area contributed by atoms with Crippen molar-refractivity contribution in [1.82, 2.24) is 10.3 Å². The average Bonchev–Trinajstić information content (AvgIpc) is 3.17. The Morgan fingerprint density at radius 1 is 1.36 bits per heavy atom. The molecule has 28 heavy (non-hydrogen) atoms. The summed E-state index contributed by atoms with van der Waals surface area (Å²) in [5.74, 6) is -0.749. The number of amides is 1. The molecule has 0 aromatic carbocycles. The lowest BCUT2D eigenvalue weighted by molar-refractivity contribution is -0.124. The van der Waals surface area contributed by atoms with E-state index in [2.05, 4.69) is 25.1 Å². The van der Waals surface area contributed by atoms with E-state index in [9.17, 15) is 9.59 Å². The number of esters is 1. The van der Waals surface area contributed by atoms with Crippen molar-refractivity contribution in [2.24, 2.45) is 17.0 Å². The van der Waals surface area contributed by atoms with Crippen LogP contribution in [-0.4, -0.2) is 43.2 Å². The molecular weight excluding hydrogens is 382 g/mol. The standard InChI is InChI=1S/C18H29N5O4S/c1-7-11(4)15(22-23-19)16(24)20-12(10(2)3)8-14(26-5)17-21-13(9-28-17)18(25)27-6/h9-12,14-15H,7-8H2,1-6H3,(H,20,24)/t11?,12-,14-,15+/m1/s1. The monoisotopic (exact) mass is 411 g/mol. The van der Waals surface area contributed by atoms with Gasteiger partial charge >= 0.3 is 5.97 Å². The van der Waals surface area contributed by atoms with E-state index in [-0.39, 0.29) is 29.5 Å². The molecule has 10 heteroatoms. The molecule has 0 bridgehead atoms. The molecule has 1 unspecified atom stereocenters. The quantitative estimate of drug-likeness (QED) is 0.256. The first-order chi connectivity index (χ1) is 13.3. The van der Waals surface area contributed by atoms with Gasteiger partial charge in [0.1, 0.15) is 17.2 Å². The van der Waals surface area contributed by atoms with Crippen LogP contribution in [0.25, 0.3) is 10.4 Å². The van der Waals surface area contributed by atoms with Gasteiger partial charge < -0.3 is 14.8 Å². The number of ether oxygens (including phenoxy) is 2. The first-order valence-corrected chi connectivity index (χ1v) is 10.1. The van der Waals surface area contributed by atoms with E-state index in [0.29, 0.717) is 11.4 Å². The maximum absolute atomic E-state index is 12.7. The molecule has 156 valence electrons. The van der Waals surface area contributed by atoms with Crippen molar-refractivity contribution in [3.05, 3.63) is 26.5 Å². The van der Waals surface area contributed by atoms with Crippen LogP contribution in [0.5, 0.6) is 0 Å². The number of azide groups is 1. The van der Waals surface area contributed by atoms with Gasteiger partial charge in [0.25, 0.3) is 0 Å². The molecule has 0 saturated heterocycles. The van der Waals surface area contributed by atoms with Crippen molar-refractivity contribution in [1.29, 1.82) is 0 Å². The lowest BCUT2D eigenvalue weighted by Crippen LogP contribution is -2.45. The highest BCUT2D eigenvalue weighted by Gasteiger charge is 2.29. The molecule has 1 aromatic heterocycles. The molecule has 0 spiro atoms. The van der Waals surface area contributed by atoms with E-state index in [1.165, 1.54) is 18.4 Å². The molecule has 0 radical (unpaired) electrons. The SMILES string of the molecule is CCC(C)[C@H](N=[N+]=[N-])C(=O)N[C@H](C[C@@H](OC)c1nc(C(=O)OC)cs1)C(C)C. The number of nitrogens with zero attached hydrogens (tertiary/aromatic N) is 4. The minimum Gasteiger partial charge on any atom is -0.464 e. The first kappa shape index (κ1) is 23.9. The number of aromatic nitrogens is 1. The molecule has 1 rings (SSSR count). The molecular formula is C18H29N5O4S. The fraction of sp³-hybridized carbons (Fsp3) is 0.722. The average molecular weight is 412 g/mol. The molecule has 1 amide bonds. The zero-order valence-corrected chi connectivity index (χ0v) is 18.0. The molecule has 1 aromatic rings. The fourth-order valence-corrected chi connectivity index (χ4v) is 3.51. The Balaban J connectivity index is 2.95. The van der Waals surface area contributed by atoms with Crippen LogP contribution in [0, 0.1) is 11.8 Å². The summed E-state index contributed by atoms with van der Waals surface area (Å²) < 4.78 is 10.2. The lowest BCUT2D eigenvalue weighted by Gasteiger charge is -2.28. The Morgan fingerprint density at radius 2 is 2.04 bits per heavy atom. The third-order valence-corrected chi connectivity index (χ3v) is 5.64. The second-order valence-electron chi connectivity index (χ2n) is 6.92. The minimum absolute atomic E-state index is 0.0662. The Morgan fingerprint density at radius 3 is 2.54 bits per heavy atom. The van der Waals surface area contributed by atoms with Gasteiger partial charge in [-0.3, -0.25) is 4.79 Å². The predicted molar refractivity (Wildman–Crippen MR) is 107 cm³/mol. The zero-order chi connectivity index (χ0) is 21.3. The Bertz CT molecular complexity index is 702. The highest BCUT2D eigenvalue weighted by Crippen LogP contribution is 2.28. The second-order valence-corrected chi connectivity index (χ2v) is 7.81. The topological polar surface area (TPSA) is 126 Å². The summed E-state index contributed by atoms with van der Waals surface area (Å²) in [6, 6.07) is -0.980. The fourth-order valence-electron chi connectivity index (χ4n) is 2.63. The minimum atomic E-state index is -0.761. The number of hydrogen-bond acceptors (Lipinski definition) is 7. The summed E-state index contributed by atoms with van der Waals surface area (Å²) in [6.45, 7) is 7.81. The van der Waals surface area contributed by atoms with Crippen molar-refractivity contribution in [3.63, 3.8) is 0 Å². The predicted octanol–water partition coefficient (Wildman–Crippen LogP) is 3.87. The van der Waals surface area contributed by atoms with Gasteiger partial charge in [0, 0.05) is 29.9 Å². The van der Waals surface area contributed by atoms with Gasteiger partial charge in [0.15, 0.2) is 5.69 Å². The van der Waals surface area contributed by atoms with Crippen molar-refractivity contribution in [3.8, 4) is 0 Å². The Hall–Kier alpha value is -2.16. The van der Waals surface area contributed by atoms with Crippen LogP contribution in [0.15, 0.2) is 10.5 Å². The molecule has 0 aliphatic carbocycles. The maximum Gasteiger partial charge on any atom is 0.357 e. The number of carbonyl (C=O) groups is 2. The highest BCUT2D eigenvalue weighted by molar-refractivity contribution is 7.09. The number of rotatable bonds is 11. The molecule has 9 nitrogen and oxygen atoms in total. The summed E-state index contributed by atoms with van der Waals surface area (Å²) in [6.07, 6.45) is 0.800. The Labute approximate surface area is 169 Å². The van der Waals surface area contributed by atoms with Crippen LogP contribution in [0.4, 0.5) is 0 Å². The number of nitrogens with one attached hydrogen (secondary N) is 1. The summed E-state index contributed by atoms with van der Waals surface area (Å²) in [5, 5.41) is 8.92. The van der Waals surface area contributed by atoms with Crippen LogP contribution >= 0.6 is 11.3 Å². The van der Waals surface area contributed by atoms with E-state index in [1.54, 1.807) is 12.5 Å². The van der Waals surface area contributed by atoms with Gasteiger partial charge in [-0.25, -0.2) is 9.78 Å². The van der Waals surface area contributed by atoms with Gasteiger partial charge in [0.05, 0.1) is 7.11 Å².